The molecule has 1 amide bonds. The Morgan fingerprint density at radius 1 is 1.28 bits per heavy atom. The molecule has 1 aliphatic heterocycles. The summed E-state index contributed by atoms with van der Waals surface area (Å²) >= 11 is 0. The molecule has 0 radical (unpaired) electrons. The van der Waals surface area contributed by atoms with E-state index in [0.717, 1.165) is 18.4 Å². The van der Waals surface area contributed by atoms with Gasteiger partial charge in [0.15, 0.2) is 0 Å². The Morgan fingerprint density at radius 3 is 2.84 bits per heavy atom. The van der Waals surface area contributed by atoms with Crippen LogP contribution in [0.2, 0.25) is 0 Å². The fourth-order valence-electron chi connectivity index (χ4n) is 3.48. The van der Waals surface area contributed by atoms with Crippen molar-refractivity contribution >= 4 is 5.91 Å². The Balaban J connectivity index is 1.84. The van der Waals surface area contributed by atoms with Gasteiger partial charge in [0, 0.05) is 18.2 Å². The maximum atomic E-state index is 14.3. The largest absolute Gasteiger partial charge is 0.497 e. The summed E-state index contributed by atoms with van der Waals surface area (Å²) in [6.07, 6.45) is 1.85. The molecule has 1 saturated heterocycles. The zero-order valence-electron chi connectivity index (χ0n) is 14.3. The van der Waals surface area contributed by atoms with E-state index < -0.39 is 6.04 Å². The van der Waals surface area contributed by atoms with Crippen molar-refractivity contribution in [2.45, 2.75) is 31.3 Å². The van der Waals surface area contributed by atoms with Gasteiger partial charge in [-0.1, -0.05) is 30.3 Å². The van der Waals surface area contributed by atoms with E-state index in [1.165, 1.54) is 6.07 Å². The van der Waals surface area contributed by atoms with Crippen LogP contribution in [-0.2, 0) is 11.2 Å². The first-order chi connectivity index (χ1) is 12.1. The number of piperidine rings is 1. The van der Waals surface area contributed by atoms with Gasteiger partial charge in [-0.15, -0.1) is 0 Å². The van der Waals surface area contributed by atoms with Crippen LogP contribution >= 0.6 is 0 Å². The zero-order valence-corrected chi connectivity index (χ0v) is 14.3. The van der Waals surface area contributed by atoms with Gasteiger partial charge in [-0.25, -0.2) is 4.39 Å². The number of likely N-dealkylation sites (tertiary alicyclic amines) is 1. The average molecular weight is 342 g/mol. The number of carbonyl (C=O) groups is 1. The van der Waals surface area contributed by atoms with Crippen LogP contribution in [-0.4, -0.2) is 30.5 Å². The highest BCUT2D eigenvalue weighted by Gasteiger charge is 2.34. The Labute approximate surface area is 147 Å². The van der Waals surface area contributed by atoms with E-state index in [9.17, 15) is 9.18 Å². The molecule has 0 aliphatic carbocycles. The van der Waals surface area contributed by atoms with Crippen LogP contribution in [0, 0.1) is 5.82 Å². The molecule has 0 spiro atoms. The van der Waals surface area contributed by atoms with Crippen molar-refractivity contribution in [1.82, 2.24) is 4.90 Å². The van der Waals surface area contributed by atoms with Crippen molar-refractivity contribution in [3.63, 3.8) is 0 Å². The number of nitrogens with zero attached hydrogens (tertiary/aromatic N) is 1. The number of hydrogen-bond acceptors (Lipinski definition) is 3. The molecule has 5 heteroatoms. The maximum Gasteiger partial charge on any atom is 0.227 e. The van der Waals surface area contributed by atoms with Crippen molar-refractivity contribution in [1.29, 1.82) is 0 Å². The van der Waals surface area contributed by atoms with Crippen LogP contribution in [0.1, 0.15) is 30.0 Å². The van der Waals surface area contributed by atoms with Crippen LogP contribution in [0.5, 0.6) is 5.75 Å². The van der Waals surface area contributed by atoms with Crippen molar-refractivity contribution in [3.05, 3.63) is 65.5 Å². The second-order valence-corrected chi connectivity index (χ2v) is 6.39. The molecule has 1 aliphatic rings. The first-order valence-corrected chi connectivity index (χ1v) is 8.52. The molecule has 0 unspecified atom stereocenters. The van der Waals surface area contributed by atoms with Crippen molar-refractivity contribution in [2.75, 3.05) is 13.7 Å². The lowest BCUT2D eigenvalue weighted by molar-refractivity contribution is -0.134. The van der Waals surface area contributed by atoms with E-state index in [0.29, 0.717) is 17.9 Å². The van der Waals surface area contributed by atoms with Crippen molar-refractivity contribution in [3.8, 4) is 5.75 Å². The zero-order chi connectivity index (χ0) is 17.8. The molecule has 0 bridgehead atoms. The Morgan fingerprint density at radius 2 is 2.08 bits per heavy atom. The highest BCUT2D eigenvalue weighted by atomic mass is 19.1. The minimum atomic E-state index is -0.423. The smallest absolute Gasteiger partial charge is 0.227 e. The monoisotopic (exact) mass is 342 g/mol. The molecule has 4 nitrogen and oxygen atoms in total. The maximum absolute atomic E-state index is 14.3. The van der Waals surface area contributed by atoms with Crippen molar-refractivity contribution < 1.29 is 13.9 Å². The number of halogens is 1. The minimum absolute atomic E-state index is 0.0448. The lowest BCUT2D eigenvalue weighted by Gasteiger charge is -2.40. The van der Waals surface area contributed by atoms with Gasteiger partial charge in [-0.3, -0.25) is 4.79 Å². The minimum Gasteiger partial charge on any atom is -0.497 e. The van der Waals surface area contributed by atoms with E-state index in [2.05, 4.69) is 0 Å². The summed E-state index contributed by atoms with van der Waals surface area (Å²) in [6.45, 7) is 0.593. The Hall–Kier alpha value is -2.40. The third-order valence-electron chi connectivity index (χ3n) is 4.71. The molecule has 132 valence electrons. The summed E-state index contributed by atoms with van der Waals surface area (Å²) in [6, 6.07) is 13.3. The van der Waals surface area contributed by atoms with E-state index in [4.69, 9.17) is 10.5 Å². The molecular formula is C20H23FN2O2. The third kappa shape index (κ3) is 3.82. The number of rotatable bonds is 4. The van der Waals surface area contributed by atoms with Gasteiger partial charge >= 0.3 is 0 Å². The predicted molar refractivity (Wildman–Crippen MR) is 94.8 cm³/mol. The fraction of sp³-hybridized carbons (Fsp3) is 0.350. The topological polar surface area (TPSA) is 55.6 Å². The lowest BCUT2D eigenvalue weighted by Crippen LogP contribution is -2.49. The quantitative estimate of drug-likeness (QED) is 0.929. The highest BCUT2D eigenvalue weighted by molar-refractivity contribution is 5.79. The molecule has 0 aromatic heterocycles. The average Bonchev–Trinajstić information content (AvgIpc) is 2.62. The van der Waals surface area contributed by atoms with Gasteiger partial charge in [0.25, 0.3) is 0 Å². The second kappa shape index (κ2) is 7.66. The van der Waals surface area contributed by atoms with Gasteiger partial charge < -0.3 is 15.4 Å². The van der Waals surface area contributed by atoms with Crippen LogP contribution in [0.3, 0.4) is 0 Å². The van der Waals surface area contributed by atoms with Crippen LogP contribution in [0.25, 0.3) is 0 Å². The van der Waals surface area contributed by atoms with Gasteiger partial charge in [0.1, 0.15) is 11.6 Å². The summed E-state index contributed by atoms with van der Waals surface area (Å²) < 4.78 is 19.5. The summed E-state index contributed by atoms with van der Waals surface area (Å²) in [5.74, 6) is 0.354. The normalized spacial score (nSPS) is 20.4. The number of amides is 1. The van der Waals surface area contributed by atoms with Gasteiger partial charge in [-0.2, -0.15) is 0 Å². The van der Waals surface area contributed by atoms with Gasteiger partial charge in [0.2, 0.25) is 5.91 Å². The van der Waals surface area contributed by atoms with E-state index >= 15 is 0 Å². The number of benzene rings is 2. The van der Waals surface area contributed by atoms with E-state index in [1.807, 2.05) is 24.3 Å². The molecule has 25 heavy (non-hydrogen) atoms. The number of nitrogens with two attached hydrogens (primary N) is 1. The molecule has 3 rings (SSSR count). The van der Waals surface area contributed by atoms with Crippen molar-refractivity contribution in [2.24, 2.45) is 5.73 Å². The SMILES string of the molecule is COc1cccc(CC(=O)N2CCC[C@@H](N)[C@@H]2c2ccccc2F)c1. The summed E-state index contributed by atoms with van der Waals surface area (Å²) in [4.78, 5) is 14.6. The molecule has 2 aromatic rings. The molecule has 1 heterocycles. The Kier molecular flexibility index (Phi) is 5.34. The van der Waals surface area contributed by atoms with E-state index in [-0.39, 0.29) is 24.2 Å². The highest BCUT2D eigenvalue weighted by Crippen LogP contribution is 2.32. The Bertz CT molecular complexity index is 750. The number of methoxy groups -OCH3 is 1. The molecular weight excluding hydrogens is 319 g/mol. The molecule has 1 fully saturated rings. The number of hydrogen-bond donors (Lipinski definition) is 1. The summed E-state index contributed by atoms with van der Waals surface area (Å²) in [5, 5.41) is 0. The lowest BCUT2D eigenvalue weighted by atomic mass is 9.90. The van der Waals surface area contributed by atoms with Crippen LogP contribution in [0.4, 0.5) is 4.39 Å². The number of ether oxygens (including phenoxy) is 1. The van der Waals surface area contributed by atoms with Gasteiger partial charge in [0.05, 0.1) is 19.6 Å². The first kappa shape index (κ1) is 17.4. The fourth-order valence-corrected chi connectivity index (χ4v) is 3.48. The third-order valence-corrected chi connectivity index (χ3v) is 4.71. The predicted octanol–water partition coefficient (Wildman–Crippen LogP) is 3.07. The van der Waals surface area contributed by atoms with E-state index in [1.54, 1.807) is 30.2 Å². The molecule has 2 aromatic carbocycles. The molecule has 2 N–H and O–H groups in total. The standard InChI is InChI=1S/C20H23FN2O2/c1-25-15-7-4-6-14(12-15)13-19(24)23-11-5-10-18(22)20(23)16-8-2-3-9-17(16)21/h2-4,6-9,12,18,20H,5,10-11,13,22H2,1H3/t18-,20+/m1/s1. The van der Waals surface area contributed by atoms with Gasteiger partial charge in [-0.05, 0) is 36.6 Å². The molecule has 2 atom stereocenters. The second-order valence-electron chi connectivity index (χ2n) is 6.39. The van der Waals surface area contributed by atoms with Crippen LogP contribution < -0.4 is 10.5 Å². The summed E-state index contributed by atoms with van der Waals surface area (Å²) in [7, 11) is 1.60. The molecule has 0 saturated carbocycles. The first-order valence-electron chi connectivity index (χ1n) is 8.52. The van der Waals surface area contributed by atoms with Crippen LogP contribution in [0.15, 0.2) is 48.5 Å². The summed E-state index contributed by atoms with van der Waals surface area (Å²) in [5.41, 5.74) is 7.63. The number of carbonyl (C=O) groups excluding carboxylic acids is 1.